The zero-order valence-corrected chi connectivity index (χ0v) is 20.4. The minimum atomic E-state index is -1.32. The molecule has 0 saturated carbocycles. The molecule has 2 aromatic carbocycles. The third-order valence-electron chi connectivity index (χ3n) is 5.58. The van der Waals surface area contributed by atoms with Gasteiger partial charge in [0.15, 0.2) is 0 Å². The molecular formula is C26H27N5O6. The molecular weight excluding hydrogens is 478 g/mol. The van der Waals surface area contributed by atoms with Gasteiger partial charge in [0.05, 0.1) is 17.4 Å². The van der Waals surface area contributed by atoms with Crippen LogP contribution < -0.4 is 20.7 Å². The highest BCUT2D eigenvalue weighted by Gasteiger charge is 2.22. The van der Waals surface area contributed by atoms with E-state index < -0.39 is 23.9 Å². The fourth-order valence-corrected chi connectivity index (χ4v) is 3.64. The molecule has 1 unspecified atom stereocenters. The van der Waals surface area contributed by atoms with Gasteiger partial charge in [0.2, 0.25) is 5.95 Å². The molecule has 4 N–H and O–H groups in total. The van der Waals surface area contributed by atoms with E-state index in [1.54, 1.807) is 43.3 Å². The molecule has 3 aromatic rings. The Morgan fingerprint density at radius 1 is 1.14 bits per heavy atom. The van der Waals surface area contributed by atoms with Crippen molar-refractivity contribution >= 4 is 40.4 Å². The van der Waals surface area contributed by atoms with Gasteiger partial charge in [-0.05, 0) is 48.4 Å². The lowest BCUT2D eigenvalue weighted by atomic mass is 10.1. The number of H-pyrrole nitrogens is 1. The molecule has 3 rings (SSSR count). The van der Waals surface area contributed by atoms with E-state index in [1.165, 1.54) is 12.1 Å². The fourth-order valence-electron chi connectivity index (χ4n) is 3.64. The Morgan fingerprint density at radius 2 is 1.84 bits per heavy atom. The van der Waals surface area contributed by atoms with Gasteiger partial charge in [-0.1, -0.05) is 12.0 Å². The smallest absolute Gasteiger partial charge is 0.326 e. The van der Waals surface area contributed by atoms with Crippen molar-refractivity contribution in [3.05, 3.63) is 63.9 Å². The van der Waals surface area contributed by atoms with Gasteiger partial charge >= 0.3 is 11.9 Å². The van der Waals surface area contributed by atoms with Crippen LogP contribution in [0.2, 0.25) is 0 Å². The van der Waals surface area contributed by atoms with Crippen LogP contribution in [0.25, 0.3) is 10.9 Å². The molecule has 1 aromatic heterocycles. The second-order valence-electron chi connectivity index (χ2n) is 8.54. The Balaban J connectivity index is 1.77. The number of benzene rings is 2. The lowest BCUT2D eigenvalue weighted by molar-refractivity contribution is -0.140. The summed E-state index contributed by atoms with van der Waals surface area (Å²) in [6.45, 7) is 0.644. The molecule has 0 radical (unpaired) electrons. The average molecular weight is 506 g/mol. The van der Waals surface area contributed by atoms with Gasteiger partial charge in [-0.15, -0.1) is 6.42 Å². The Bertz CT molecular complexity index is 1410. The maximum absolute atomic E-state index is 12.6. The largest absolute Gasteiger partial charge is 0.481 e. The molecule has 37 heavy (non-hydrogen) atoms. The van der Waals surface area contributed by atoms with E-state index >= 15 is 0 Å². The summed E-state index contributed by atoms with van der Waals surface area (Å²) in [6, 6.07) is 10.5. The number of carboxylic acids is 2. The topological polar surface area (TPSA) is 156 Å². The minimum absolute atomic E-state index is 0.214. The molecule has 0 bridgehead atoms. The van der Waals surface area contributed by atoms with E-state index in [1.807, 2.05) is 11.0 Å². The number of carboxylic acid groups (broad SMARTS) is 2. The lowest BCUT2D eigenvalue weighted by Gasteiger charge is -2.23. The van der Waals surface area contributed by atoms with Crippen LogP contribution in [0.3, 0.4) is 0 Å². The van der Waals surface area contributed by atoms with Gasteiger partial charge in [0.25, 0.3) is 11.5 Å². The summed E-state index contributed by atoms with van der Waals surface area (Å²) in [5.41, 5.74) is 2.07. The van der Waals surface area contributed by atoms with Crippen molar-refractivity contribution in [1.29, 1.82) is 0 Å². The maximum atomic E-state index is 12.6. The lowest BCUT2D eigenvalue weighted by Crippen LogP contribution is -2.41. The van der Waals surface area contributed by atoms with Crippen LogP contribution in [0.5, 0.6) is 0 Å². The first-order valence-electron chi connectivity index (χ1n) is 11.3. The number of terminal acetylenes is 1. The van der Waals surface area contributed by atoms with E-state index in [0.717, 1.165) is 5.56 Å². The summed E-state index contributed by atoms with van der Waals surface area (Å²) < 4.78 is 0. The summed E-state index contributed by atoms with van der Waals surface area (Å²) in [5.74, 6) is -0.0335. The van der Waals surface area contributed by atoms with Gasteiger partial charge in [-0.25, -0.2) is 9.78 Å². The van der Waals surface area contributed by atoms with Crippen LogP contribution in [0, 0.1) is 12.3 Å². The minimum Gasteiger partial charge on any atom is -0.481 e. The maximum Gasteiger partial charge on any atom is 0.326 e. The van der Waals surface area contributed by atoms with Crippen LogP contribution in [-0.2, 0) is 16.1 Å². The first-order chi connectivity index (χ1) is 17.6. The number of amides is 1. The third-order valence-corrected chi connectivity index (χ3v) is 5.58. The van der Waals surface area contributed by atoms with Crippen molar-refractivity contribution < 1.29 is 24.6 Å². The zero-order chi connectivity index (χ0) is 27.1. The highest BCUT2D eigenvalue weighted by molar-refractivity contribution is 5.97. The number of carbonyl (C=O) groups excluding carboxylic acids is 1. The van der Waals surface area contributed by atoms with Gasteiger partial charge in [0.1, 0.15) is 6.04 Å². The van der Waals surface area contributed by atoms with Crippen molar-refractivity contribution in [2.75, 3.05) is 30.4 Å². The second kappa shape index (κ2) is 11.7. The molecule has 0 saturated heterocycles. The van der Waals surface area contributed by atoms with E-state index in [0.29, 0.717) is 29.1 Å². The summed E-state index contributed by atoms with van der Waals surface area (Å²) in [4.78, 5) is 58.0. The average Bonchev–Trinajstić information content (AvgIpc) is 2.86. The highest BCUT2D eigenvalue weighted by atomic mass is 16.4. The number of aliphatic carboxylic acids is 2. The van der Waals surface area contributed by atoms with Crippen LogP contribution in [0.4, 0.5) is 11.6 Å². The summed E-state index contributed by atoms with van der Waals surface area (Å²) in [6.07, 6.45) is 4.95. The molecule has 0 aliphatic rings. The summed E-state index contributed by atoms with van der Waals surface area (Å²) >= 11 is 0. The molecule has 1 amide bonds. The number of carbonyl (C=O) groups is 3. The molecule has 0 aliphatic heterocycles. The Morgan fingerprint density at radius 3 is 2.43 bits per heavy atom. The fraction of sp³-hybridized carbons (Fsp3) is 0.269. The van der Waals surface area contributed by atoms with E-state index in [9.17, 15) is 24.3 Å². The third kappa shape index (κ3) is 6.85. The number of hydrogen-bond donors (Lipinski definition) is 4. The van der Waals surface area contributed by atoms with Crippen molar-refractivity contribution in [3.8, 4) is 12.3 Å². The molecule has 11 nitrogen and oxygen atoms in total. The first-order valence-corrected chi connectivity index (χ1v) is 11.3. The van der Waals surface area contributed by atoms with Gasteiger partial charge < -0.3 is 25.3 Å². The Labute approximate surface area is 212 Å². The number of anilines is 2. The highest BCUT2D eigenvalue weighted by Crippen LogP contribution is 2.20. The van der Waals surface area contributed by atoms with Crippen molar-refractivity contribution in [2.24, 2.45) is 0 Å². The van der Waals surface area contributed by atoms with Crippen LogP contribution >= 0.6 is 0 Å². The van der Waals surface area contributed by atoms with Crippen molar-refractivity contribution in [2.45, 2.75) is 25.4 Å². The summed E-state index contributed by atoms with van der Waals surface area (Å²) in [5, 5.41) is 20.8. The number of aromatic nitrogens is 2. The number of hydrogen-bond acceptors (Lipinski definition) is 7. The molecule has 192 valence electrons. The monoisotopic (exact) mass is 505 g/mol. The molecule has 0 spiro atoms. The molecule has 1 atom stereocenters. The number of nitrogens with one attached hydrogen (secondary N) is 2. The predicted molar refractivity (Wildman–Crippen MR) is 139 cm³/mol. The number of fused-ring (bicyclic) bond motifs is 1. The van der Waals surface area contributed by atoms with Gasteiger partial charge in [-0.2, -0.15) is 0 Å². The van der Waals surface area contributed by atoms with E-state index in [-0.39, 0.29) is 30.5 Å². The van der Waals surface area contributed by atoms with Crippen LogP contribution in [0.1, 0.15) is 28.8 Å². The molecule has 11 heteroatoms. The second-order valence-corrected chi connectivity index (χ2v) is 8.54. The van der Waals surface area contributed by atoms with E-state index in [2.05, 4.69) is 21.2 Å². The standard InChI is InChI=1S/C26H27N5O6/c1-4-13-31(15-16-5-10-20-19(14-16)24(35)29-26(28-20)30(2)3)18-8-6-17(7-9-18)23(34)27-21(25(36)37)11-12-22(32)33/h1,5-10,14,21H,11-13,15H2,2-3H3,(H,27,34)(H,32,33)(H,36,37)(H,28,29,35). The predicted octanol–water partition coefficient (Wildman–Crippen LogP) is 1.68. The molecule has 0 fully saturated rings. The SMILES string of the molecule is C#CCN(Cc1ccc2nc(N(C)C)[nH]c(=O)c2c1)c1ccc(C(=O)NC(CCC(=O)O)C(=O)O)cc1. The quantitative estimate of drug-likeness (QED) is 0.285. The first kappa shape index (κ1) is 26.7. The van der Waals surface area contributed by atoms with Crippen LogP contribution in [-0.4, -0.2) is 64.7 Å². The Hall–Kier alpha value is -4.85. The Kier molecular flexibility index (Phi) is 8.47. The number of rotatable bonds is 11. The normalized spacial score (nSPS) is 11.4. The molecule has 1 heterocycles. The molecule has 0 aliphatic carbocycles. The zero-order valence-electron chi connectivity index (χ0n) is 20.4. The summed E-state index contributed by atoms with van der Waals surface area (Å²) in [7, 11) is 3.57. The van der Waals surface area contributed by atoms with Crippen LogP contribution in [0.15, 0.2) is 47.3 Å². The van der Waals surface area contributed by atoms with Crippen molar-refractivity contribution in [3.63, 3.8) is 0 Å². The van der Waals surface area contributed by atoms with Gasteiger partial charge in [0, 0.05) is 38.3 Å². The number of aromatic amines is 1. The number of nitrogens with zero attached hydrogens (tertiary/aromatic N) is 3. The van der Waals surface area contributed by atoms with Gasteiger partial charge in [-0.3, -0.25) is 19.4 Å². The van der Waals surface area contributed by atoms with Crippen molar-refractivity contribution in [1.82, 2.24) is 15.3 Å². The van der Waals surface area contributed by atoms with E-state index in [4.69, 9.17) is 11.5 Å².